The molecule has 0 radical (unpaired) electrons. The van der Waals surface area contributed by atoms with Gasteiger partial charge in [-0.25, -0.2) is 0 Å². The lowest BCUT2D eigenvalue weighted by Crippen LogP contribution is -2.38. The first-order valence-corrected chi connectivity index (χ1v) is 11.5. The third kappa shape index (κ3) is 6.82. The van der Waals surface area contributed by atoms with Gasteiger partial charge in [0.25, 0.3) is 11.8 Å². The summed E-state index contributed by atoms with van der Waals surface area (Å²) in [5.74, 6) is -0.309. The highest BCUT2D eigenvalue weighted by Gasteiger charge is 2.22. The molecule has 0 aliphatic heterocycles. The number of hydrogen-bond acceptors (Lipinski definition) is 3. The van der Waals surface area contributed by atoms with Gasteiger partial charge in [-0.1, -0.05) is 30.9 Å². The standard InChI is InChI=1S/C25H30ClN3O3/c1-29(22-6-3-2-4-7-22)25(32)19-11-15-21(16-12-19)28-23(30)8-5-17-27-24(31)18-9-13-20(26)14-10-18/h9-16,22H,2-8,17H2,1H3,(H,27,31)(H,28,30). The van der Waals surface area contributed by atoms with Gasteiger partial charge in [-0.2, -0.15) is 0 Å². The Morgan fingerprint density at radius 1 is 0.938 bits per heavy atom. The molecule has 32 heavy (non-hydrogen) atoms. The van der Waals surface area contributed by atoms with Crippen LogP contribution in [0.3, 0.4) is 0 Å². The SMILES string of the molecule is CN(C(=O)c1ccc(NC(=O)CCCNC(=O)c2ccc(Cl)cc2)cc1)C1CCCCC1. The second kappa shape index (κ2) is 11.7. The Labute approximate surface area is 194 Å². The van der Waals surface area contributed by atoms with Crippen LogP contribution in [0.1, 0.15) is 65.7 Å². The van der Waals surface area contributed by atoms with Crippen molar-refractivity contribution in [2.24, 2.45) is 0 Å². The minimum absolute atomic E-state index is 0.0196. The monoisotopic (exact) mass is 455 g/mol. The lowest BCUT2D eigenvalue weighted by molar-refractivity contribution is -0.116. The molecule has 0 spiro atoms. The quantitative estimate of drug-likeness (QED) is 0.556. The summed E-state index contributed by atoms with van der Waals surface area (Å²) in [7, 11) is 1.87. The molecule has 6 nitrogen and oxygen atoms in total. The Morgan fingerprint density at radius 2 is 1.56 bits per heavy atom. The molecule has 0 saturated heterocycles. The van der Waals surface area contributed by atoms with Gasteiger partial charge in [0.15, 0.2) is 0 Å². The average molecular weight is 456 g/mol. The zero-order chi connectivity index (χ0) is 22.9. The van der Waals surface area contributed by atoms with Crippen LogP contribution >= 0.6 is 11.6 Å². The molecule has 0 aromatic heterocycles. The van der Waals surface area contributed by atoms with Crippen molar-refractivity contribution < 1.29 is 14.4 Å². The Kier molecular flexibility index (Phi) is 8.68. The summed E-state index contributed by atoms with van der Waals surface area (Å²) in [6, 6.07) is 14.0. The fourth-order valence-corrected chi connectivity index (χ4v) is 4.04. The van der Waals surface area contributed by atoms with Crippen molar-refractivity contribution in [3.63, 3.8) is 0 Å². The number of benzene rings is 2. The van der Waals surface area contributed by atoms with Crippen LogP contribution in [0.2, 0.25) is 5.02 Å². The lowest BCUT2D eigenvalue weighted by atomic mass is 9.94. The third-order valence-corrected chi connectivity index (χ3v) is 6.08. The molecule has 3 rings (SSSR count). The number of amides is 3. The number of carbonyl (C=O) groups excluding carboxylic acids is 3. The van der Waals surface area contributed by atoms with Crippen LogP contribution in [0.25, 0.3) is 0 Å². The summed E-state index contributed by atoms with van der Waals surface area (Å²) < 4.78 is 0. The van der Waals surface area contributed by atoms with E-state index in [0.717, 1.165) is 12.8 Å². The van der Waals surface area contributed by atoms with Crippen molar-refractivity contribution in [2.45, 2.75) is 51.0 Å². The van der Waals surface area contributed by atoms with E-state index in [2.05, 4.69) is 10.6 Å². The number of nitrogens with one attached hydrogen (secondary N) is 2. The molecule has 7 heteroatoms. The second-order valence-electron chi connectivity index (χ2n) is 8.20. The van der Waals surface area contributed by atoms with Crippen LogP contribution < -0.4 is 10.6 Å². The molecule has 1 fully saturated rings. The minimum atomic E-state index is -0.194. The molecule has 1 aliphatic carbocycles. The molecule has 1 saturated carbocycles. The Hall–Kier alpha value is -2.86. The predicted molar refractivity (Wildman–Crippen MR) is 127 cm³/mol. The highest BCUT2D eigenvalue weighted by Crippen LogP contribution is 2.23. The number of rotatable bonds is 8. The number of nitrogens with zero attached hydrogens (tertiary/aromatic N) is 1. The van der Waals surface area contributed by atoms with Gasteiger partial charge in [0, 0.05) is 47.9 Å². The summed E-state index contributed by atoms with van der Waals surface area (Å²) in [6.45, 7) is 0.399. The van der Waals surface area contributed by atoms with Crippen LogP contribution in [0.4, 0.5) is 5.69 Å². The largest absolute Gasteiger partial charge is 0.352 e. The smallest absolute Gasteiger partial charge is 0.253 e. The second-order valence-corrected chi connectivity index (χ2v) is 8.64. The summed E-state index contributed by atoms with van der Waals surface area (Å²) in [6.07, 6.45) is 6.55. The van der Waals surface area contributed by atoms with Gasteiger partial charge in [0.2, 0.25) is 5.91 Å². The van der Waals surface area contributed by atoms with Crippen LogP contribution in [0.5, 0.6) is 0 Å². The van der Waals surface area contributed by atoms with Crippen LogP contribution in [0.15, 0.2) is 48.5 Å². The normalized spacial score (nSPS) is 13.9. The molecule has 1 aliphatic rings. The minimum Gasteiger partial charge on any atom is -0.352 e. The molecule has 0 bridgehead atoms. The first-order chi connectivity index (χ1) is 15.4. The van der Waals surface area contributed by atoms with Crippen molar-refractivity contribution in [1.82, 2.24) is 10.2 Å². The maximum absolute atomic E-state index is 12.7. The summed E-state index contributed by atoms with van der Waals surface area (Å²) in [4.78, 5) is 38.8. The Morgan fingerprint density at radius 3 is 2.22 bits per heavy atom. The first kappa shape index (κ1) is 23.8. The van der Waals surface area contributed by atoms with E-state index in [1.807, 2.05) is 11.9 Å². The van der Waals surface area contributed by atoms with E-state index in [-0.39, 0.29) is 24.1 Å². The van der Waals surface area contributed by atoms with Crippen molar-refractivity contribution in [3.05, 3.63) is 64.7 Å². The van der Waals surface area contributed by atoms with E-state index in [1.165, 1.54) is 19.3 Å². The van der Waals surface area contributed by atoms with Gasteiger partial charge >= 0.3 is 0 Å². The van der Waals surface area contributed by atoms with Crippen molar-refractivity contribution in [2.75, 3.05) is 18.9 Å². The van der Waals surface area contributed by atoms with E-state index >= 15 is 0 Å². The lowest BCUT2D eigenvalue weighted by Gasteiger charge is -2.31. The zero-order valence-corrected chi connectivity index (χ0v) is 19.2. The van der Waals surface area contributed by atoms with Gasteiger partial charge in [-0.3, -0.25) is 14.4 Å². The summed E-state index contributed by atoms with van der Waals surface area (Å²) in [5, 5.41) is 6.20. The first-order valence-electron chi connectivity index (χ1n) is 11.1. The van der Waals surface area contributed by atoms with Gasteiger partial charge in [-0.15, -0.1) is 0 Å². The van der Waals surface area contributed by atoms with Crippen LogP contribution in [0, 0.1) is 0 Å². The van der Waals surface area contributed by atoms with Gasteiger partial charge < -0.3 is 15.5 Å². The molecule has 3 amide bonds. The molecular weight excluding hydrogens is 426 g/mol. The van der Waals surface area contributed by atoms with Crippen molar-refractivity contribution >= 4 is 35.0 Å². The number of hydrogen-bond donors (Lipinski definition) is 2. The van der Waals surface area contributed by atoms with Crippen LogP contribution in [-0.4, -0.2) is 42.3 Å². The zero-order valence-electron chi connectivity index (χ0n) is 18.4. The molecule has 2 aromatic rings. The van der Waals surface area contributed by atoms with E-state index in [9.17, 15) is 14.4 Å². The molecule has 170 valence electrons. The van der Waals surface area contributed by atoms with Crippen molar-refractivity contribution in [3.8, 4) is 0 Å². The Bertz CT molecular complexity index is 922. The van der Waals surface area contributed by atoms with E-state index in [0.29, 0.717) is 40.8 Å². The van der Waals surface area contributed by atoms with E-state index < -0.39 is 0 Å². The number of anilines is 1. The highest BCUT2D eigenvalue weighted by atomic mass is 35.5. The van der Waals surface area contributed by atoms with E-state index in [1.54, 1.807) is 48.5 Å². The molecule has 0 atom stereocenters. The molecule has 2 N–H and O–H groups in total. The number of halogens is 1. The van der Waals surface area contributed by atoms with Crippen LogP contribution in [-0.2, 0) is 4.79 Å². The fraction of sp³-hybridized carbons (Fsp3) is 0.400. The van der Waals surface area contributed by atoms with Gasteiger partial charge in [0.05, 0.1) is 0 Å². The Balaban J connectivity index is 1.40. The van der Waals surface area contributed by atoms with Crippen molar-refractivity contribution in [1.29, 1.82) is 0 Å². The molecular formula is C25H30ClN3O3. The number of carbonyl (C=O) groups is 3. The molecule has 0 heterocycles. The highest BCUT2D eigenvalue weighted by molar-refractivity contribution is 6.30. The van der Waals surface area contributed by atoms with Gasteiger partial charge in [0.1, 0.15) is 0 Å². The van der Waals surface area contributed by atoms with E-state index in [4.69, 9.17) is 11.6 Å². The fourth-order valence-electron chi connectivity index (χ4n) is 3.91. The van der Waals surface area contributed by atoms with Gasteiger partial charge in [-0.05, 0) is 67.8 Å². The molecule has 2 aromatic carbocycles. The molecule has 0 unspecified atom stereocenters. The topological polar surface area (TPSA) is 78.5 Å². The average Bonchev–Trinajstić information content (AvgIpc) is 2.82. The maximum Gasteiger partial charge on any atom is 0.253 e. The predicted octanol–water partition coefficient (Wildman–Crippen LogP) is 4.89. The summed E-state index contributed by atoms with van der Waals surface area (Å²) >= 11 is 5.82. The third-order valence-electron chi connectivity index (χ3n) is 5.83. The maximum atomic E-state index is 12.7. The summed E-state index contributed by atoms with van der Waals surface area (Å²) in [5.41, 5.74) is 1.81.